The number of benzene rings is 1. The molecule has 0 aliphatic heterocycles. The SMILES string of the molecule is CCN(CC(F)(F)F)c1ccc(N)c2cnccc12. The molecule has 2 rings (SSSR count). The Kier molecular flexibility index (Phi) is 3.50. The van der Waals surface area contributed by atoms with Crippen LogP contribution in [0, 0.1) is 0 Å². The number of pyridine rings is 1. The fourth-order valence-electron chi connectivity index (χ4n) is 2.06. The van der Waals surface area contributed by atoms with Gasteiger partial charge in [0.25, 0.3) is 0 Å². The minimum Gasteiger partial charge on any atom is -0.398 e. The largest absolute Gasteiger partial charge is 0.405 e. The molecule has 1 aromatic heterocycles. The maximum absolute atomic E-state index is 12.6. The zero-order valence-corrected chi connectivity index (χ0v) is 10.4. The highest BCUT2D eigenvalue weighted by Gasteiger charge is 2.30. The first kappa shape index (κ1) is 13.5. The van der Waals surface area contributed by atoms with Crippen molar-refractivity contribution in [1.82, 2.24) is 4.98 Å². The number of hydrogen-bond donors (Lipinski definition) is 1. The summed E-state index contributed by atoms with van der Waals surface area (Å²) in [6.45, 7) is 0.973. The fourth-order valence-corrected chi connectivity index (χ4v) is 2.06. The van der Waals surface area contributed by atoms with Crippen molar-refractivity contribution in [3.8, 4) is 0 Å². The summed E-state index contributed by atoms with van der Waals surface area (Å²) in [5, 5.41) is 1.35. The number of alkyl halides is 3. The van der Waals surface area contributed by atoms with Crippen LogP contribution >= 0.6 is 0 Å². The zero-order chi connectivity index (χ0) is 14.0. The van der Waals surface area contributed by atoms with Crippen LogP contribution in [0.25, 0.3) is 10.8 Å². The summed E-state index contributed by atoms with van der Waals surface area (Å²) in [6, 6.07) is 4.91. The Hall–Kier alpha value is -1.98. The number of rotatable bonds is 3. The molecule has 0 bridgehead atoms. The van der Waals surface area contributed by atoms with Gasteiger partial charge in [0.05, 0.1) is 0 Å². The second-order valence-electron chi connectivity index (χ2n) is 4.22. The van der Waals surface area contributed by atoms with Crippen LogP contribution in [0.15, 0.2) is 30.6 Å². The average Bonchev–Trinajstić information content (AvgIpc) is 2.36. The van der Waals surface area contributed by atoms with Crippen molar-refractivity contribution < 1.29 is 13.2 Å². The third-order valence-corrected chi connectivity index (χ3v) is 2.92. The number of nitrogen functional groups attached to an aromatic ring is 1. The number of fused-ring (bicyclic) bond motifs is 1. The molecular weight excluding hydrogens is 255 g/mol. The van der Waals surface area contributed by atoms with Crippen LogP contribution in [0.5, 0.6) is 0 Å². The first-order chi connectivity index (χ1) is 8.92. The first-order valence-electron chi connectivity index (χ1n) is 5.86. The van der Waals surface area contributed by atoms with E-state index in [1.54, 1.807) is 37.5 Å². The van der Waals surface area contributed by atoms with Crippen LogP contribution in [-0.4, -0.2) is 24.2 Å². The van der Waals surface area contributed by atoms with E-state index in [4.69, 9.17) is 5.73 Å². The lowest BCUT2D eigenvalue weighted by Crippen LogP contribution is -2.34. The van der Waals surface area contributed by atoms with Gasteiger partial charge in [-0.25, -0.2) is 0 Å². The Balaban J connectivity index is 2.52. The molecule has 1 aromatic carbocycles. The van der Waals surface area contributed by atoms with E-state index in [9.17, 15) is 13.2 Å². The molecule has 3 nitrogen and oxygen atoms in total. The minimum atomic E-state index is -4.24. The molecule has 0 saturated heterocycles. The summed E-state index contributed by atoms with van der Waals surface area (Å²) >= 11 is 0. The standard InChI is InChI=1S/C13H14F3N3/c1-2-19(8-13(14,15)16)12-4-3-11(17)10-7-18-6-5-9(10)12/h3-7H,2,8,17H2,1H3. The molecule has 102 valence electrons. The van der Waals surface area contributed by atoms with Gasteiger partial charge in [0.15, 0.2) is 0 Å². The molecule has 1 heterocycles. The van der Waals surface area contributed by atoms with E-state index >= 15 is 0 Å². The van der Waals surface area contributed by atoms with Gasteiger partial charge in [-0.3, -0.25) is 4.98 Å². The summed E-state index contributed by atoms with van der Waals surface area (Å²) in [4.78, 5) is 5.23. The molecule has 0 spiro atoms. The predicted octanol–water partition coefficient (Wildman–Crippen LogP) is 3.21. The van der Waals surface area contributed by atoms with Gasteiger partial charge in [-0.1, -0.05) is 0 Å². The number of hydrogen-bond acceptors (Lipinski definition) is 3. The molecular formula is C13H14F3N3. The molecule has 0 saturated carbocycles. The molecule has 0 atom stereocenters. The third-order valence-electron chi connectivity index (χ3n) is 2.92. The lowest BCUT2D eigenvalue weighted by atomic mass is 10.1. The highest BCUT2D eigenvalue weighted by atomic mass is 19.4. The molecule has 2 aromatic rings. The van der Waals surface area contributed by atoms with Gasteiger partial charge in [-0.05, 0) is 25.1 Å². The van der Waals surface area contributed by atoms with Gasteiger partial charge in [0, 0.05) is 41.1 Å². The molecule has 0 unspecified atom stereocenters. The number of halogens is 3. The highest BCUT2D eigenvalue weighted by Crippen LogP contribution is 2.31. The molecule has 0 aliphatic rings. The van der Waals surface area contributed by atoms with Crippen LogP contribution in [0.4, 0.5) is 24.5 Å². The zero-order valence-electron chi connectivity index (χ0n) is 10.4. The van der Waals surface area contributed by atoms with Crippen molar-refractivity contribution in [2.45, 2.75) is 13.1 Å². The monoisotopic (exact) mass is 269 g/mol. The molecule has 6 heteroatoms. The van der Waals surface area contributed by atoms with Gasteiger partial charge in [0.1, 0.15) is 6.54 Å². The Bertz CT molecular complexity index is 581. The second-order valence-corrected chi connectivity index (χ2v) is 4.22. The first-order valence-corrected chi connectivity index (χ1v) is 5.86. The van der Waals surface area contributed by atoms with E-state index in [1.165, 1.54) is 4.90 Å². The number of anilines is 2. The molecule has 0 amide bonds. The van der Waals surface area contributed by atoms with Crippen molar-refractivity contribution in [3.63, 3.8) is 0 Å². The topological polar surface area (TPSA) is 42.1 Å². The van der Waals surface area contributed by atoms with Crippen LogP contribution in [0.2, 0.25) is 0 Å². The lowest BCUT2D eigenvalue weighted by molar-refractivity contribution is -0.119. The second kappa shape index (κ2) is 4.95. The van der Waals surface area contributed by atoms with Crippen molar-refractivity contribution in [2.24, 2.45) is 0 Å². The van der Waals surface area contributed by atoms with E-state index < -0.39 is 12.7 Å². The van der Waals surface area contributed by atoms with Gasteiger partial charge in [0.2, 0.25) is 0 Å². The summed E-state index contributed by atoms with van der Waals surface area (Å²) in [5.41, 5.74) is 6.84. The highest BCUT2D eigenvalue weighted by molar-refractivity contribution is 6.00. The summed E-state index contributed by atoms with van der Waals surface area (Å²) in [6.07, 6.45) is -1.13. The maximum Gasteiger partial charge on any atom is 0.405 e. The Labute approximate surface area is 108 Å². The van der Waals surface area contributed by atoms with Crippen LogP contribution in [0.3, 0.4) is 0 Å². The van der Waals surface area contributed by atoms with Gasteiger partial charge >= 0.3 is 6.18 Å². The van der Waals surface area contributed by atoms with Crippen LogP contribution in [0.1, 0.15) is 6.92 Å². The molecule has 2 N–H and O–H groups in total. The van der Waals surface area contributed by atoms with E-state index in [0.717, 1.165) is 0 Å². The number of nitrogens with two attached hydrogens (primary N) is 1. The average molecular weight is 269 g/mol. The smallest absolute Gasteiger partial charge is 0.398 e. The Morgan fingerprint density at radius 2 is 1.95 bits per heavy atom. The maximum atomic E-state index is 12.6. The van der Waals surface area contributed by atoms with E-state index in [2.05, 4.69) is 4.98 Å². The fraction of sp³-hybridized carbons (Fsp3) is 0.308. The van der Waals surface area contributed by atoms with Gasteiger partial charge in [-0.2, -0.15) is 13.2 Å². The summed E-state index contributed by atoms with van der Waals surface area (Å²) in [7, 11) is 0. The lowest BCUT2D eigenvalue weighted by Gasteiger charge is -2.26. The van der Waals surface area contributed by atoms with E-state index in [-0.39, 0.29) is 6.54 Å². The number of aromatic nitrogens is 1. The normalized spacial score (nSPS) is 11.8. The van der Waals surface area contributed by atoms with Crippen molar-refractivity contribution in [3.05, 3.63) is 30.6 Å². The molecule has 0 fully saturated rings. The van der Waals surface area contributed by atoms with Crippen molar-refractivity contribution >= 4 is 22.1 Å². The van der Waals surface area contributed by atoms with Gasteiger partial charge < -0.3 is 10.6 Å². The minimum absolute atomic E-state index is 0.265. The van der Waals surface area contributed by atoms with Crippen molar-refractivity contribution in [2.75, 3.05) is 23.7 Å². The molecule has 0 aliphatic carbocycles. The summed E-state index contributed by atoms with van der Waals surface area (Å²) < 4.78 is 37.7. The van der Waals surface area contributed by atoms with Gasteiger partial charge in [-0.15, -0.1) is 0 Å². The van der Waals surface area contributed by atoms with Crippen LogP contribution in [-0.2, 0) is 0 Å². The predicted molar refractivity (Wildman–Crippen MR) is 70.1 cm³/mol. The number of nitrogens with zero attached hydrogens (tertiary/aromatic N) is 2. The van der Waals surface area contributed by atoms with Crippen LogP contribution < -0.4 is 10.6 Å². The van der Waals surface area contributed by atoms with Crippen molar-refractivity contribution in [1.29, 1.82) is 0 Å². The van der Waals surface area contributed by atoms with E-state index in [0.29, 0.717) is 22.1 Å². The van der Waals surface area contributed by atoms with E-state index in [1.807, 2.05) is 0 Å². The molecule has 0 radical (unpaired) electrons. The quantitative estimate of drug-likeness (QED) is 0.870. The Morgan fingerprint density at radius 1 is 1.21 bits per heavy atom. The molecule has 19 heavy (non-hydrogen) atoms. The third kappa shape index (κ3) is 2.89. The summed E-state index contributed by atoms with van der Waals surface area (Å²) in [5.74, 6) is 0. The Morgan fingerprint density at radius 3 is 2.58 bits per heavy atom.